The molecule has 1 aliphatic carbocycles. The maximum absolute atomic E-state index is 10.7. The van der Waals surface area contributed by atoms with Gasteiger partial charge in [-0.3, -0.25) is 9.58 Å². The monoisotopic (exact) mass is 372 g/mol. The van der Waals surface area contributed by atoms with Gasteiger partial charge in [0.2, 0.25) is 0 Å². The topological polar surface area (TPSA) is 79.5 Å². The lowest BCUT2D eigenvalue weighted by Crippen LogP contribution is -2.48. The second-order valence-corrected chi connectivity index (χ2v) is 8.08. The van der Waals surface area contributed by atoms with Gasteiger partial charge in [0.25, 0.3) is 0 Å². The van der Waals surface area contributed by atoms with Crippen LogP contribution in [0.4, 0.5) is 5.82 Å². The van der Waals surface area contributed by atoms with Gasteiger partial charge in [0.05, 0.1) is 36.9 Å². The van der Waals surface area contributed by atoms with Crippen molar-refractivity contribution < 1.29 is 9.84 Å². The molecule has 0 spiro atoms. The molecule has 8 heteroatoms. The Morgan fingerprint density at radius 2 is 1.89 bits per heavy atom. The first-order chi connectivity index (χ1) is 13.2. The molecule has 2 aliphatic heterocycles. The molecule has 2 saturated heterocycles. The Bertz CT molecular complexity index is 812. The highest BCUT2D eigenvalue weighted by Gasteiger charge is 2.38. The van der Waals surface area contributed by atoms with Gasteiger partial charge in [-0.15, -0.1) is 0 Å². The molecule has 0 aromatic carbocycles. The normalized spacial score (nSPS) is 27.9. The number of anilines is 1. The average molecular weight is 372 g/mol. The van der Waals surface area contributed by atoms with E-state index in [1.165, 1.54) is 25.7 Å². The third-order valence-electron chi connectivity index (χ3n) is 6.38. The van der Waals surface area contributed by atoms with Crippen LogP contribution in [0.3, 0.4) is 0 Å². The summed E-state index contributed by atoms with van der Waals surface area (Å²) in [6.45, 7) is 4.65. The number of hydrogen-bond acceptors (Lipinski definition) is 7. The van der Waals surface area contributed by atoms with Crippen molar-refractivity contribution in [3.05, 3.63) is 12.0 Å². The summed E-state index contributed by atoms with van der Waals surface area (Å²) >= 11 is 0. The summed E-state index contributed by atoms with van der Waals surface area (Å²) in [4.78, 5) is 14.4. The summed E-state index contributed by atoms with van der Waals surface area (Å²) in [5, 5.41) is 16.1. The Balaban J connectivity index is 1.48. The Hall–Kier alpha value is -1.77. The fourth-order valence-corrected chi connectivity index (χ4v) is 4.84. The first-order valence-corrected chi connectivity index (χ1v) is 10.1. The van der Waals surface area contributed by atoms with Crippen molar-refractivity contribution in [2.24, 2.45) is 7.05 Å². The van der Waals surface area contributed by atoms with E-state index < -0.39 is 0 Å². The summed E-state index contributed by atoms with van der Waals surface area (Å²) in [5.74, 6) is 2.33. The summed E-state index contributed by atoms with van der Waals surface area (Å²) in [5.41, 5.74) is 0.895. The summed E-state index contributed by atoms with van der Waals surface area (Å²) in [6.07, 6.45) is 6.34. The lowest BCUT2D eigenvalue weighted by molar-refractivity contribution is -0.00588. The highest BCUT2D eigenvalue weighted by Crippen LogP contribution is 2.35. The van der Waals surface area contributed by atoms with E-state index in [-0.39, 0.29) is 12.1 Å². The van der Waals surface area contributed by atoms with Crippen LogP contribution in [0.25, 0.3) is 11.0 Å². The predicted molar refractivity (Wildman–Crippen MR) is 102 cm³/mol. The molecule has 5 rings (SSSR count). The van der Waals surface area contributed by atoms with Crippen LogP contribution in [0.5, 0.6) is 0 Å². The summed E-state index contributed by atoms with van der Waals surface area (Å²) < 4.78 is 7.31. The Morgan fingerprint density at radius 3 is 2.67 bits per heavy atom. The molecule has 1 saturated carbocycles. The molecule has 146 valence electrons. The minimum atomic E-state index is -0.375. The van der Waals surface area contributed by atoms with Crippen LogP contribution < -0.4 is 4.90 Å². The minimum Gasteiger partial charge on any atom is -0.390 e. The van der Waals surface area contributed by atoms with Gasteiger partial charge in [0.1, 0.15) is 11.6 Å². The molecule has 0 radical (unpaired) electrons. The number of nitrogens with zero attached hydrogens (tertiary/aromatic N) is 6. The molecule has 0 bridgehead atoms. The van der Waals surface area contributed by atoms with Crippen LogP contribution in [-0.2, 0) is 11.8 Å². The number of β-amino-alcohol motifs (C(OH)–C–C–N with tert-alkyl or cyclic N) is 1. The molecular formula is C19H28N6O2. The first kappa shape index (κ1) is 17.3. The fraction of sp³-hybridized carbons (Fsp3) is 0.737. The van der Waals surface area contributed by atoms with Crippen molar-refractivity contribution in [1.82, 2.24) is 24.6 Å². The zero-order chi connectivity index (χ0) is 18.4. The number of fused-ring (bicyclic) bond motifs is 1. The van der Waals surface area contributed by atoms with Gasteiger partial charge in [-0.1, -0.05) is 12.8 Å². The van der Waals surface area contributed by atoms with Crippen molar-refractivity contribution in [3.8, 4) is 0 Å². The van der Waals surface area contributed by atoms with Crippen LogP contribution >= 0.6 is 0 Å². The van der Waals surface area contributed by atoms with E-state index in [0.29, 0.717) is 12.5 Å². The molecule has 2 aromatic heterocycles. The zero-order valence-corrected chi connectivity index (χ0v) is 15.9. The standard InChI is InChI=1S/C19H28N6O2/c1-23-18-14(10-20-23)19(22-17(21-18)13-4-2-3-5-13)25-11-15(16(26)12-25)24-6-8-27-9-7-24/h10,13,15-16,26H,2-9,11-12H2,1H3/t15-,16-/m1/s1. The number of aryl methyl sites for hydroxylation is 1. The molecule has 0 amide bonds. The molecule has 0 unspecified atom stereocenters. The quantitative estimate of drug-likeness (QED) is 0.858. The van der Waals surface area contributed by atoms with Crippen molar-refractivity contribution in [2.45, 2.75) is 43.7 Å². The molecule has 2 aromatic rings. The lowest BCUT2D eigenvalue weighted by Gasteiger charge is -2.33. The maximum Gasteiger partial charge on any atom is 0.163 e. The molecular weight excluding hydrogens is 344 g/mol. The number of aromatic nitrogens is 4. The van der Waals surface area contributed by atoms with Crippen LogP contribution in [0.2, 0.25) is 0 Å². The van der Waals surface area contributed by atoms with E-state index in [0.717, 1.165) is 55.5 Å². The van der Waals surface area contributed by atoms with Crippen LogP contribution in [-0.4, -0.2) is 81.3 Å². The van der Waals surface area contributed by atoms with E-state index in [1.54, 1.807) is 0 Å². The Kier molecular flexibility index (Phi) is 4.49. The number of morpholine rings is 1. The Morgan fingerprint density at radius 1 is 1.11 bits per heavy atom. The third kappa shape index (κ3) is 3.09. The summed E-state index contributed by atoms with van der Waals surface area (Å²) in [7, 11) is 1.94. The molecule has 3 aliphatic rings. The largest absolute Gasteiger partial charge is 0.390 e. The fourth-order valence-electron chi connectivity index (χ4n) is 4.84. The van der Waals surface area contributed by atoms with Crippen LogP contribution in [0.1, 0.15) is 37.4 Å². The van der Waals surface area contributed by atoms with Gasteiger partial charge in [-0.05, 0) is 12.8 Å². The second-order valence-electron chi connectivity index (χ2n) is 8.08. The van der Waals surface area contributed by atoms with E-state index in [2.05, 4.69) is 14.9 Å². The SMILES string of the molecule is Cn1ncc2c(N3C[C@@H](O)[C@H](N4CCOCC4)C3)nc(C3CCCC3)nc21. The average Bonchev–Trinajstić information content (AvgIpc) is 3.43. The maximum atomic E-state index is 10.7. The van der Waals surface area contributed by atoms with Gasteiger partial charge in [-0.25, -0.2) is 9.97 Å². The zero-order valence-electron chi connectivity index (χ0n) is 15.9. The highest BCUT2D eigenvalue weighted by molar-refractivity contribution is 5.87. The lowest BCUT2D eigenvalue weighted by atomic mass is 10.1. The van der Waals surface area contributed by atoms with Crippen LogP contribution in [0.15, 0.2) is 6.20 Å². The van der Waals surface area contributed by atoms with Crippen molar-refractivity contribution in [2.75, 3.05) is 44.3 Å². The van der Waals surface area contributed by atoms with Crippen molar-refractivity contribution in [1.29, 1.82) is 0 Å². The number of ether oxygens (including phenoxy) is 1. The van der Waals surface area contributed by atoms with Crippen molar-refractivity contribution >= 4 is 16.9 Å². The van der Waals surface area contributed by atoms with E-state index in [4.69, 9.17) is 14.7 Å². The number of rotatable bonds is 3. The first-order valence-electron chi connectivity index (χ1n) is 10.1. The number of aliphatic hydroxyl groups is 1. The van der Waals surface area contributed by atoms with E-state index in [1.807, 2.05) is 17.9 Å². The number of aliphatic hydroxyl groups excluding tert-OH is 1. The molecule has 8 nitrogen and oxygen atoms in total. The molecule has 27 heavy (non-hydrogen) atoms. The number of hydrogen-bond donors (Lipinski definition) is 1. The smallest absolute Gasteiger partial charge is 0.163 e. The highest BCUT2D eigenvalue weighted by atomic mass is 16.5. The summed E-state index contributed by atoms with van der Waals surface area (Å²) in [6, 6.07) is 0.130. The van der Waals surface area contributed by atoms with Crippen molar-refractivity contribution in [3.63, 3.8) is 0 Å². The van der Waals surface area contributed by atoms with Gasteiger partial charge < -0.3 is 14.7 Å². The molecule has 1 N–H and O–H groups in total. The Labute approximate surface area is 159 Å². The molecule has 3 fully saturated rings. The third-order valence-corrected chi connectivity index (χ3v) is 6.38. The minimum absolute atomic E-state index is 0.130. The van der Waals surface area contributed by atoms with E-state index in [9.17, 15) is 5.11 Å². The van der Waals surface area contributed by atoms with Crippen LogP contribution in [0, 0.1) is 0 Å². The van der Waals surface area contributed by atoms with Gasteiger partial charge >= 0.3 is 0 Å². The molecule has 4 heterocycles. The van der Waals surface area contributed by atoms with Gasteiger partial charge in [0.15, 0.2) is 5.65 Å². The molecule has 2 atom stereocenters. The van der Waals surface area contributed by atoms with Gasteiger partial charge in [0, 0.05) is 39.1 Å². The predicted octanol–water partition coefficient (Wildman–Crippen LogP) is 0.903. The van der Waals surface area contributed by atoms with E-state index >= 15 is 0 Å². The second kappa shape index (κ2) is 7.00. The van der Waals surface area contributed by atoms with Gasteiger partial charge in [-0.2, -0.15) is 5.10 Å².